The van der Waals surface area contributed by atoms with Crippen LogP contribution in [0.4, 0.5) is 5.00 Å². The summed E-state index contributed by atoms with van der Waals surface area (Å²) in [6.07, 6.45) is 0.851. The third kappa shape index (κ3) is 5.28. The van der Waals surface area contributed by atoms with Crippen LogP contribution < -0.4 is 10.6 Å². The largest absolute Gasteiger partial charge is 0.462 e. The third-order valence-electron chi connectivity index (χ3n) is 4.03. The number of carbonyl (C=O) groups is 2. The van der Waals surface area contributed by atoms with E-state index in [2.05, 4.69) is 22.8 Å². The Morgan fingerprint density at radius 2 is 1.89 bits per heavy atom. The highest BCUT2D eigenvalue weighted by Crippen LogP contribution is 2.38. The van der Waals surface area contributed by atoms with Gasteiger partial charge in [0.25, 0.3) is 0 Å². The average molecular weight is 415 g/mol. The molecule has 0 saturated heterocycles. The van der Waals surface area contributed by atoms with E-state index in [1.807, 2.05) is 41.1 Å². The van der Waals surface area contributed by atoms with Crippen molar-refractivity contribution < 1.29 is 14.3 Å². The normalized spacial score (nSPS) is 10.6. The molecule has 2 heterocycles. The van der Waals surface area contributed by atoms with E-state index in [0.717, 1.165) is 16.9 Å². The summed E-state index contributed by atoms with van der Waals surface area (Å²) in [5, 5.41) is 10.4. The van der Waals surface area contributed by atoms with Gasteiger partial charge in [-0.3, -0.25) is 4.79 Å². The maximum Gasteiger partial charge on any atom is 0.341 e. The summed E-state index contributed by atoms with van der Waals surface area (Å²) in [5.41, 5.74) is 2.44. The number of nitrogens with one attached hydrogen (secondary N) is 2. The zero-order valence-electron chi connectivity index (χ0n) is 15.6. The molecule has 28 heavy (non-hydrogen) atoms. The second-order valence-electron chi connectivity index (χ2n) is 6.01. The number of benzene rings is 1. The molecule has 0 bridgehead atoms. The molecule has 0 aliphatic heterocycles. The third-order valence-corrected chi connectivity index (χ3v) is 5.83. The lowest BCUT2D eigenvalue weighted by atomic mass is 10.1. The predicted molar refractivity (Wildman–Crippen MR) is 115 cm³/mol. The minimum absolute atomic E-state index is 0.182. The van der Waals surface area contributed by atoms with Crippen molar-refractivity contribution in [3.63, 3.8) is 0 Å². The summed E-state index contributed by atoms with van der Waals surface area (Å²) in [6.45, 7) is 2.94. The topological polar surface area (TPSA) is 67.4 Å². The number of esters is 1. The second kappa shape index (κ2) is 10.2. The quantitative estimate of drug-likeness (QED) is 0.402. The summed E-state index contributed by atoms with van der Waals surface area (Å²) in [7, 11) is 0. The predicted octanol–water partition coefficient (Wildman–Crippen LogP) is 4.42. The first kappa shape index (κ1) is 20.3. The summed E-state index contributed by atoms with van der Waals surface area (Å²) in [4.78, 5) is 25.8. The van der Waals surface area contributed by atoms with Gasteiger partial charge in [0.1, 0.15) is 10.6 Å². The fourth-order valence-corrected chi connectivity index (χ4v) is 4.51. The number of hydrogen-bond donors (Lipinski definition) is 2. The first-order valence-corrected chi connectivity index (χ1v) is 10.8. The van der Waals surface area contributed by atoms with Gasteiger partial charge in [-0.2, -0.15) is 0 Å². The minimum atomic E-state index is -0.417. The van der Waals surface area contributed by atoms with Crippen molar-refractivity contribution in [1.29, 1.82) is 0 Å². The Balaban J connectivity index is 1.61. The maximum absolute atomic E-state index is 12.5. The lowest BCUT2D eigenvalue weighted by Gasteiger charge is -2.09. The number of hydrogen-bond acceptors (Lipinski definition) is 6. The lowest BCUT2D eigenvalue weighted by Crippen LogP contribution is -2.29. The maximum atomic E-state index is 12.5. The molecule has 0 fully saturated rings. The Kier molecular flexibility index (Phi) is 7.36. The molecule has 0 aliphatic rings. The average Bonchev–Trinajstić information content (AvgIpc) is 3.36. The molecule has 0 unspecified atom stereocenters. The highest BCUT2D eigenvalue weighted by molar-refractivity contribution is 7.17. The Hall–Kier alpha value is -2.48. The Morgan fingerprint density at radius 1 is 1.07 bits per heavy atom. The molecule has 0 radical (unpaired) electrons. The summed E-state index contributed by atoms with van der Waals surface area (Å²) in [5.74, 6) is -0.599. The molecule has 0 saturated carbocycles. The van der Waals surface area contributed by atoms with Crippen LogP contribution in [0.5, 0.6) is 0 Å². The number of amides is 1. The van der Waals surface area contributed by atoms with Crippen molar-refractivity contribution in [1.82, 2.24) is 5.32 Å². The van der Waals surface area contributed by atoms with Gasteiger partial charge in [-0.1, -0.05) is 36.4 Å². The zero-order valence-corrected chi connectivity index (χ0v) is 17.2. The lowest BCUT2D eigenvalue weighted by molar-refractivity contribution is -0.115. The molecule has 0 atom stereocenters. The molecule has 146 valence electrons. The minimum Gasteiger partial charge on any atom is -0.462 e. The fraction of sp³-hybridized carbons (Fsp3) is 0.238. The van der Waals surface area contributed by atoms with E-state index in [9.17, 15) is 9.59 Å². The molecule has 1 amide bonds. The van der Waals surface area contributed by atoms with Crippen LogP contribution in [0.2, 0.25) is 0 Å². The van der Waals surface area contributed by atoms with Gasteiger partial charge in [-0.25, -0.2) is 4.79 Å². The standard InChI is InChI=1S/C21H22N2O3S2/c1-2-26-21(25)19-16(17-9-6-12-27-17)14-28-20(19)23-18(24)13-22-11-10-15-7-4-3-5-8-15/h3-9,12,14,22H,2,10-11,13H2,1H3,(H,23,24). The van der Waals surface area contributed by atoms with E-state index < -0.39 is 5.97 Å². The van der Waals surface area contributed by atoms with Crippen LogP contribution >= 0.6 is 22.7 Å². The van der Waals surface area contributed by atoms with Gasteiger partial charge in [0.05, 0.1) is 13.2 Å². The number of anilines is 1. The van der Waals surface area contributed by atoms with Crippen molar-refractivity contribution >= 4 is 39.6 Å². The van der Waals surface area contributed by atoms with Crippen molar-refractivity contribution in [2.24, 2.45) is 0 Å². The number of carbonyl (C=O) groups excluding carboxylic acids is 2. The van der Waals surface area contributed by atoms with Gasteiger partial charge in [-0.15, -0.1) is 22.7 Å². The van der Waals surface area contributed by atoms with Gasteiger partial charge in [0.2, 0.25) is 5.91 Å². The molecule has 3 rings (SSSR count). The van der Waals surface area contributed by atoms with Gasteiger partial charge in [-0.05, 0) is 36.9 Å². The molecule has 2 aromatic heterocycles. The van der Waals surface area contributed by atoms with Crippen LogP contribution in [0.1, 0.15) is 22.8 Å². The number of rotatable bonds is 9. The monoisotopic (exact) mass is 414 g/mol. The van der Waals surface area contributed by atoms with Gasteiger partial charge in [0, 0.05) is 15.8 Å². The van der Waals surface area contributed by atoms with Crippen molar-refractivity contribution in [3.05, 3.63) is 64.4 Å². The molecular weight excluding hydrogens is 392 g/mol. The highest BCUT2D eigenvalue weighted by Gasteiger charge is 2.23. The fourth-order valence-electron chi connectivity index (χ4n) is 2.72. The Labute approximate surface area is 172 Å². The van der Waals surface area contributed by atoms with Crippen LogP contribution in [0.15, 0.2) is 53.2 Å². The van der Waals surface area contributed by atoms with Gasteiger partial charge in [0.15, 0.2) is 0 Å². The smallest absolute Gasteiger partial charge is 0.341 e. The van der Waals surface area contributed by atoms with Gasteiger partial charge < -0.3 is 15.4 Å². The van der Waals surface area contributed by atoms with Crippen molar-refractivity contribution in [3.8, 4) is 10.4 Å². The second-order valence-corrected chi connectivity index (χ2v) is 7.84. The number of thiophene rings is 2. The van der Waals surface area contributed by atoms with Crippen LogP contribution in [-0.2, 0) is 16.0 Å². The van der Waals surface area contributed by atoms with E-state index >= 15 is 0 Å². The van der Waals surface area contributed by atoms with Crippen LogP contribution in [0, 0.1) is 0 Å². The highest BCUT2D eigenvalue weighted by atomic mass is 32.1. The molecule has 0 aliphatic carbocycles. The molecule has 7 heteroatoms. The van der Waals surface area contributed by atoms with Crippen molar-refractivity contribution in [2.75, 3.05) is 25.0 Å². The molecular formula is C21H22N2O3S2. The zero-order chi connectivity index (χ0) is 19.8. The molecule has 3 aromatic rings. The van der Waals surface area contributed by atoms with E-state index in [1.165, 1.54) is 16.9 Å². The van der Waals surface area contributed by atoms with Gasteiger partial charge >= 0.3 is 5.97 Å². The van der Waals surface area contributed by atoms with E-state index in [4.69, 9.17) is 4.74 Å². The van der Waals surface area contributed by atoms with E-state index in [0.29, 0.717) is 17.1 Å². The van der Waals surface area contributed by atoms with Crippen LogP contribution in [0.25, 0.3) is 10.4 Å². The van der Waals surface area contributed by atoms with E-state index in [-0.39, 0.29) is 19.1 Å². The Bertz CT molecular complexity index is 905. The molecule has 5 nitrogen and oxygen atoms in total. The molecule has 1 aromatic carbocycles. The van der Waals surface area contributed by atoms with Crippen molar-refractivity contribution in [2.45, 2.75) is 13.3 Å². The summed E-state index contributed by atoms with van der Waals surface area (Å²) in [6, 6.07) is 14.0. The molecule has 0 spiro atoms. The first-order valence-electron chi connectivity index (χ1n) is 9.06. The first-order chi connectivity index (χ1) is 13.7. The summed E-state index contributed by atoms with van der Waals surface area (Å²) >= 11 is 2.89. The number of ether oxygens (including phenoxy) is 1. The SMILES string of the molecule is CCOC(=O)c1c(-c2cccs2)csc1NC(=O)CNCCc1ccccc1. The summed E-state index contributed by atoms with van der Waals surface area (Å²) < 4.78 is 5.20. The Morgan fingerprint density at radius 3 is 2.61 bits per heavy atom. The van der Waals surface area contributed by atoms with E-state index in [1.54, 1.807) is 18.3 Å². The van der Waals surface area contributed by atoms with Crippen LogP contribution in [-0.4, -0.2) is 31.6 Å². The van der Waals surface area contributed by atoms with Crippen LogP contribution in [0.3, 0.4) is 0 Å². The molecule has 2 N–H and O–H groups in total.